The molecular formula is C36H38N3O8. The Kier molecular flexibility index (Phi) is 10.9. The molecule has 0 amide bonds. The summed E-state index contributed by atoms with van der Waals surface area (Å²) in [6, 6.07) is 28.5. The zero-order valence-corrected chi connectivity index (χ0v) is 26.5. The topological polar surface area (TPSA) is 134 Å². The number of nitrogens with zero attached hydrogens (tertiary/aromatic N) is 2. The number of H-pyrrole nitrogens is 1. The smallest absolute Gasteiger partial charge is 0.330 e. The molecule has 3 aromatic carbocycles. The fourth-order valence-corrected chi connectivity index (χ4v) is 6.07. The van der Waals surface area contributed by atoms with Crippen LogP contribution in [0.3, 0.4) is 0 Å². The van der Waals surface area contributed by atoms with Gasteiger partial charge in [0, 0.05) is 25.3 Å². The molecule has 0 saturated carbocycles. The van der Waals surface area contributed by atoms with Crippen molar-refractivity contribution in [3.05, 3.63) is 136 Å². The van der Waals surface area contributed by atoms with Gasteiger partial charge in [0.1, 0.15) is 23.2 Å². The van der Waals surface area contributed by atoms with Crippen molar-refractivity contribution < 1.29 is 28.4 Å². The molecule has 0 aliphatic carbocycles. The maximum atomic E-state index is 12.9. The van der Waals surface area contributed by atoms with Gasteiger partial charge in [-0.2, -0.15) is 5.26 Å². The monoisotopic (exact) mass is 640 g/mol. The Morgan fingerprint density at radius 1 is 0.894 bits per heavy atom. The van der Waals surface area contributed by atoms with Crippen LogP contribution in [0.4, 0.5) is 0 Å². The summed E-state index contributed by atoms with van der Waals surface area (Å²) in [5.74, 6) is -0.0545. The first-order valence-corrected chi connectivity index (χ1v) is 15.1. The van der Waals surface area contributed by atoms with E-state index in [9.17, 15) is 14.9 Å². The number of methoxy groups -OCH3 is 3. The maximum absolute atomic E-state index is 12.9. The molecule has 5 atom stereocenters. The van der Waals surface area contributed by atoms with Crippen LogP contribution in [0.2, 0.25) is 0 Å². The van der Waals surface area contributed by atoms with Crippen LogP contribution in [0.1, 0.15) is 22.9 Å². The molecule has 245 valence electrons. The molecule has 0 bridgehead atoms. The molecule has 47 heavy (non-hydrogen) atoms. The lowest BCUT2D eigenvalue weighted by atomic mass is 9.79. The van der Waals surface area contributed by atoms with E-state index < -0.39 is 47.1 Å². The zero-order valence-electron chi connectivity index (χ0n) is 26.5. The van der Waals surface area contributed by atoms with Crippen LogP contribution < -0.4 is 20.7 Å². The van der Waals surface area contributed by atoms with Crippen LogP contribution in [0.5, 0.6) is 11.5 Å². The Labute approximate surface area is 273 Å². The Hall–Kier alpha value is -4.73. The number of benzene rings is 3. The minimum Gasteiger partial charge on any atom is -0.497 e. The highest BCUT2D eigenvalue weighted by Gasteiger charge is 2.50. The highest BCUT2D eigenvalue weighted by atomic mass is 16.6. The summed E-state index contributed by atoms with van der Waals surface area (Å²) in [5.41, 5.74) is 0.106. The van der Waals surface area contributed by atoms with Gasteiger partial charge in [0.2, 0.25) is 0 Å². The standard InChI is InChI=1S/C36H38N3O8/c1-24(22-37)32-30(47-34(33(32)45-21-20-42-2)39-19-18-31(40)38-35(39)41)23-46-36(25-8-6-5-7-9-25,26-10-14-28(43-3)15-11-26)27-12-16-29(44-4)17-13-27/h5-19,24,30,32-34H,1,20-21,23H2,2-4H3,(H,38,40,41)/t24?,30-,32+,33+,34+/m0/s1. The largest absolute Gasteiger partial charge is 0.497 e. The molecule has 1 fully saturated rings. The van der Waals surface area contributed by atoms with Gasteiger partial charge in [-0.25, -0.2) is 4.79 Å². The molecule has 1 unspecified atom stereocenters. The third kappa shape index (κ3) is 7.01. The van der Waals surface area contributed by atoms with E-state index in [0.717, 1.165) is 16.7 Å². The predicted octanol–water partition coefficient (Wildman–Crippen LogP) is 4.08. The van der Waals surface area contributed by atoms with Gasteiger partial charge in [-0.05, 0) is 47.9 Å². The number of rotatable bonds is 14. The second-order valence-electron chi connectivity index (χ2n) is 11.0. The summed E-state index contributed by atoms with van der Waals surface area (Å²) in [6.07, 6.45) is -1.18. The molecule has 1 radical (unpaired) electrons. The molecule has 1 N–H and O–H groups in total. The van der Waals surface area contributed by atoms with E-state index in [1.54, 1.807) is 21.3 Å². The van der Waals surface area contributed by atoms with Crippen molar-refractivity contribution in [2.45, 2.75) is 24.0 Å². The number of ether oxygens (including phenoxy) is 6. The lowest BCUT2D eigenvalue weighted by Gasteiger charge is -2.37. The van der Waals surface area contributed by atoms with Crippen molar-refractivity contribution >= 4 is 0 Å². The molecular weight excluding hydrogens is 602 g/mol. The summed E-state index contributed by atoms with van der Waals surface area (Å²) < 4.78 is 37.2. The number of aromatic nitrogens is 2. The highest BCUT2D eigenvalue weighted by Crippen LogP contribution is 2.45. The molecule has 1 aromatic heterocycles. The van der Waals surface area contributed by atoms with Crippen LogP contribution in [-0.2, 0) is 24.5 Å². The fourth-order valence-electron chi connectivity index (χ4n) is 6.07. The van der Waals surface area contributed by atoms with Gasteiger partial charge < -0.3 is 28.4 Å². The third-order valence-electron chi connectivity index (χ3n) is 8.39. The Morgan fingerprint density at radius 2 is 1.49 bits per heavy atom. The van der Waals surface area contributed by atoms with E-state index >= 15 is 0 Å². The van der Waals surface area contributed by atoms with Crippen molar-refractivity contribution in [3.8, 4) is 17.6 Å². The molecule has 11 heteroatoms. The van der Waals surface area contributed by atoms with Crippen molar-refractivity contribution in [1.82, 2.24) is 9.55 Å². The van der Waals surface area contributed by atoms with Gasteiger partial charge >= 0.3 is 5.69 Å². The molecule has 1 aliphatic heterocycles. The van der Waals surface area contributed by atoms with E-state index in [1.165, 1.54) is 16.8 Å². The highest BCUT2D eigenvalue weighted by molar-refractivity contribution is 5.49. The minimum atomic E-state index is -1.16. The molecule has 2 heterocycles. The quantitative estimate of drug-likeness (QED) is 0.160. The molecule has 4 aromatic rings. The first-order valence-electron chi connectivity index (χ1n) is 15.1. The Morgan fingerprint density at radius 3 is 2.02 bits per heavy atom. The molecule has 11 nitrogen and oxygen atoms in total. The van der Waals surface area contributed by atoms with Gasteiger partial charge in [0.15, 0.2) is 6.23 Å². The third-order valence-corrected chi connectivity index (χ3v) is 8.39. The maximum Gasteiger partial charge on any atom is 0.330 e. The van der Waals surface area contributed by atoms with Crippen LogP contribution >= 0.6 is 0 Å². The van der Waals surface area contributed by atoms with Crippen molar-refractivity contribution in [3.63, 3.8) is 0 Å². The summed E-state index contributed by atoms with van der Waals surface area (Å²) in [5, 5.41) is 10.1. The van der Waals surface area contributed by atoms with Gasteiger partial charge in [-0.3, -0.25) is 14.3 Å². The van der Waals surface area contributed by atoms with Crippen LogP contribution in [0.15, 0.2) is 101 Å². The number of nitrogens with one attached hydrogen (secondary N) is 1. The SMILES string of the molecule is [CH2]C(C#N)[C@H]1[C@@H](OCCOC)[C@H](n2ccc(=O)[nH]c2=O)O[C@H]1COC(c1ccccc1)(c1ccc(OC)cc1)c1ccc(OC)cc1. The lowest BCUT2D eigenvalue weighted by Crippen LogP contribution is -2.40. The average Bonchev–Trinajstić information content (AvgIpc) is 3.47. The van der Waals surface area contributed by atoms with E-state index in [-0.39, 0.29) is 19.8 Å². The summed E-state index contributed by atoms with van der Waals surface area (Å²) in [7, 11) is 4.76. The number of nitriles is 1. The van der Waals surface area contributed by atoms with Crippen molar-refractivity contribution in [1.29, 1.82) is 5.26 Å². The lowest BCUT2D eigenvalue weighted by molar-refractivity contribution is -0.0985. The first-order chi connectivity index (χ1) is 22.9. The number of hydrogen-bond acceptors (Lipinski definition) is 9. The van der Waals surface area contributed by atoms with Gasteiger partial charge in [-0.1, -0.05) is 54.6 Å². The van der Waals surface area contributed by atoms with Crippen molar-refractivity contribution in [2.75, 3.05) is 41.2 Å². The fraction of sp³-hybridized carbons (Fsp3) is 0.333. The second-order valence-corrected chi connectivity index (χ2v) is 11.0. The first kappa shape index (κ1) is 33.6. The predicted molar refractivity (Wildman–Crippen MR) is 173 cm³/mol. The normalized spacial score (nSPS) is 20.0. The van der Waals surface area contributed by atoms with E-state index in [1.807, 2.05) is 78.9 Å². The molecule has 1 saturated heterocycles. The molecule has 0 spiro atoms. The van der Waals surface area contributed by atoms with E-state index in [4.69, 9.17) is 28.4 Å². The summed E-state index contributed by atoms with van der Waals surface area (Å²) in [6.45, 7) is 4.53. The van der Waals surface area contributed by atoms with Crippen molar-refractivity contribution in [2.24, 2.45) is 11.8 Å². The van der Waals surface area contributed by atoms with Crippen LogP contribution in [0, 0.1) is 30.1 Å². The summed E-state index contributed by atoms with van der Waals surface area (Å²) >= 11 is 0. The van der Waals surface area contributed by atoms with Gasteiger partial charge in [0.05, 0.1) is 52.1 Å². The zero-order chi connectivity index (χ0) is 33.4. The second kappa shape index (κ2) is 15.2. The summed E-state index contributed by atoms with van der Waals surface area (Å²) in [4.78, 5) is 27.1. The Balaban J connectivity index is 1.62. The van der Waals surface area contributed by atoms with Gasteiger partial charge in [-0.15, -0.1) is 0 Å². The molecule has 1 aliphatic rings. The minimum absolute atomic E-state index is 0.0237. The van der Waals surface area contributed by atoms with Crippen LogP contribution in [-0.4, -0.2) is 62.9 Å². The Bertz CT molecular complexity index is 1700. The van der Waals surface area contributed by atoms with Crippen LogP contribution in [0.25, 0.3) is 0 Å². The average molecular weight is 641 g/mol. The van der Waals surface area contributed by atoms with E-state index in [0.29, 0.717) is 11.5 Å². The molecule has 5 rings (SSSR count). The van der Waals surface area contributed by atoms with Gasteiger partial charge in [0.25, 0.3) is 5.56 Å². The number of aromatic amines is 1. The number of hydrogen-bond donors (Lipinski definition) is 1. The van der Waals surface area contributed by atoms with E-state index in [2.05, 4.69) is 18.0 Å².